The van der Waals surface area contributed by atoms with Gasteiger partial charge in [-0.15, -0.1) is 0 Å². The molecular formula is C10H20O5. The van der Waals surface area contributed by atoms with E-state index in [0.29, 0.717) is 6.61 Å². The lowest BCUT2D eigenvalue weighted by atomic mass is 10.1. The highest BCUT2D eigenvalue weighted by Crippen LogP contribution is 2.21. The van der Waals surface area contributed by atoms with Crippen LogP contribution in [0.15, 0.2) is 0 Å². The third-order valence-electron chi connectivity index (χ3n) is 2.57. The number of aliphatic hydroxyl groups excluding tert-OH is 3. The van der Waals surface area contributed by atoms with Crippen molar-refractivity contribution in [2.45, 2.75) is 44.2 Å². The first-order chi connectivity index (χ1) is 7.20. The van der Waals surface area contributed by atoms with Crippen molar-refractivity contribution in [3.8, 4) is 0 Å². The Morgan fingerprint density at radius 2 is 1.87 bits per heavy atom. The molecule has 1 heterocycles. The second-order valence-electron chi connectivity index (χ2n) is 3.81. The van der Waals surface area contributed by atoms with E-state index < -0.39 is 24.4 Å². The molecule has 0 saturated carbocycles. The Labute approximate surface area is 89.6 Å². The molecule has 15 heavy (non-hydrogen) atoms. The Kier molecular flexibility index (Phi) is 5.49. The summed E-state index contributed by atoms with van der Waals surface area (Å²) in [5, 5.41) is 27.8. The van der Waals surface area contributed by atoms with E-state index in [1.165, 1.54) is 0 Å². The van der Waals surface area contributed by atoms with E-state index in [-0.39, 0.29) is 13.2 Å². The van der Waals surface area contributed by atoms with Gasteiger partial charge >= 0.3 is 0 Å². The number of hydrogen-bond donors (Lipinski definition) is 3. The molecule has 0 aromatic rings. The maximum Gasteiger partial charge on any atom is 0.111 e. The molecule has 1 fully saturated rings. The minimum absolute atomic E-state index is 0.259. The highest BCUT2D eigenvalue weighted by molar-refractivity contribution is 4.90. The SMILES string of the molecule is CCCCOC[C@@H]1O[C@H](CO)[C@@H](O)[C@@H]1O. The lowest BCUT2D eigenvalue weighted by Gasteiger charge is -2.14. The van der Waals surface area contributed by atoms with Crippen LogP contribution >= 0.6 is 0 Å². The Morgan fingerprint density at radius 3 is 2.40 bits per heavy atom. The van der Waals surface area contributed by atoms with Gasteiger partial charge in [0.05, 0.1) is 13.2 Å². The summed E-state index contributed by atoms with van der Waals surface area (Å²) in [4.78, 5) is 0. The van der Waals surface area contributed by atoms with Gasteiger partial charge in [-0.3, -0.25) is 0 Å². The van der Waals surface area contributed by atoms with Crippen molar-refractivity contribution in [2.75, 3.05) is 19.8 Å². The molecule has 4 atom stereocenters. The largest absolute Gasteiger partial charge is 0.394 e. The van der Waals surface area contributed by atoms with Crippen LogP contribution in [0.2, 0.25) is 0 Å². The van der Waals surface area contributed by atoms with Gasteiger partial charge in [-0.1, -0.05) is 13.3 Å². The monoisotopic (exact) mass is 220 g/mol. The quantitative estimate of drug-likeness (QED) is 0.515. The van der Waals surface area contributed by atoms with Crippen LogP contribution in [-0.4, -0.2) is 59.6 Å². The second kappa shape index (κ2) is 6.40. The number of aliphatic hydroxyl groups is 3. The van der Waals surface area contributed by atoms with Gasteiger partial charge in [0.2, 0.25) is 0 Å². The third kappa shape index (κ3) is 3.39. The molecule has 0 aliphatic carbocycles. The summed E-state index contributed by atoms with van der Waals surface area (Å²) >= 11 is 0. The summed E-state index contributed by atoms with van der Waals surface area (Å²) in [6.07, 6.45) is -1.20. The average molecular weight is 220 g/mol. The van der Waals surface area contributed by atoms with Gasteiger partial charge in [-0.25, -0.2) is 0 Å². The molecule has 1 saturated heterocycles. The Bertz CT molecular complexity index is 175. The lowest BCUT2D eigenvalue weighted by Crippen LogP contribution is -2.35. The minimum Gasteiger partial charge on any atom is -0.394 e. The molecule has 1 aliphatic rings. The molecule has 0 amide bonds. The fourth-order valence-electron chi connectivity index (χ4n) is 1.56. The van der Waals surface area contributed by atoms with Crippen molar-refractivity contribution in [3.63, 3.8) is 0 Å². The van der Waals surface area contributed by atoms with Gasteiger partial charge < -0.3 is 24.8 Å². The topological polar surface area (TPSA) is 79.2 Å². The van der Waals surface area contributed by atoms with Gasteiger partial charge in [0.15, 0.2) is 0 Å². The maximum absolute atomic E-state index is 9.55. The van der Waals surface area contributed by atoms with Gasteiger partial charge in [0.25, 0.3) is 0 Å². The summed E-state index contributed by atoms with van der Waals surface area (Å²) in [6.45, 7) is 2.66. The van der Waals surface area contributed by atoms with Gasteiger partial charge in [0.1, 0.15) is 24.4 Å². The first-order valence-electron chi connectivity index (χ1n) is 5.40. The van der Waals surface area contributed by atoms with E-state index in [1.54, 1.807) is 0 Å². The van der Waals surface area contributed by atoms with E-state index in [9.17, 15) is 10.2 Å². The maximum atomic E-state index is 9.55. The van der Waals surface area contributed by atoms with Crippen LogP contribution < -0.4 is 0 Å². The van der Waals surface area contributed by atoms with Crippen molar-refractivity contribution in [3.05, 3.63) is 0 Å². The molecule has 0 radical (unpaired) electrons. The molecule has 90 valence electrons. The summed E-state index contributed by atoms with van der Waals surface area (Å²) in [6, 6.07) is 0. The van der Waals surface area contributed by atoms with E-state index in [4.69, 9.17) is 14.6 Å². The van der Waals surface area contributed by atoms with Crippen molar-refractivity contribution in [1.82, 2.24) is 0 Å². The predicted molar refractivity (Wildman–Crippen MR) is 53.5 cm³/mol. The number of hydrogen-bond acceptors (Lipinski definition) is 5. The molecule has 0 aromatic heterocycles. The first-order valence-corrected chi connectivity index (χ1v) is 5.40. The van der Waals surface area contributed by atoms with Crippen LogP contribution in [0.25, 0.3) is 0 Å². The highest BCUT2D eigenvalue weighted by atomic mass is 16.6. The predicted octanol–water partition coefficient (Wildman–Crippen LogP) is -0.715. The highest BCUT2D eigenvalue weighted by Gasteiger charge is 2.42. The summed E-state index contributed by atoms with van der Waals surface area (Å²) < 4.78 is 10.5. The van der Waals surface area contributed by atoms with Crippen LogP contribution in [0, 0.1) is 0 Å². The molecule has 5 heteroatoms. The van der Waals surface area contributed by atoms with E-state index in [1.807, 2.05) is 0 Å². The number of rotatable bonds is 6. The van der Waals surface area contributed by atoms with Crippen molar-refractivity contribution in [2.24, 2.45) is 0 Å². The molecule has 0 aromatic carbocycles. The van der Waals surface area contributed by atoms with E-state index in [2.05, 4.69) is 6.92 Å². The molecule has 0 bridgehead atoms. The van der Waals surface area contributed by atoms with Crippen molar-refractivity contribution < 1.29 is 24.8 Å². The first kappa shape index (κ1) is 12.9. The van der Waals surface area contributed by atoms with Gasteiger partial charge in [-0.2, -0.15) is 0 Å². The molecule has 1 rings (SSSR count). The zero-order valence-electron chi connectivity index (χ0n) is 9.00. The normalized spacial score (nSPS) is 36.0. The molecule has 0 unspecified atom stereocenters. The molecule has 3 N–H and O–H groups in total. The number of ether oxygens (including phenoxy) is 2. The lowest BCUT2D eigenvalue weighted by molar-refractivity contribution is -0.0560. The van der Waals surface area contributed by atoms with Crippen LogP contribution in [0.3, 0.4) is 0 Å². The van der Waals surface area contributed by atoms with E-state index in [0.717, 1.165) is 12.8 Å². The van der Waals surface area contributed by atoms with Gasteiger partial charge in [0, 0.05) is 6.61 Å². The third-order valence-corrected chi connectivity index (χ3v) is 2.57. The smallest absolute Gasteiger partial charge is 0.111 e. The summed E-state index contributed by atoms with van der Waals surface area (Å²) in [5.74, 6) is 0. The van der Waals surface area contributed by atoms with Crippen molar-refractivity contribution in [1.29, 1.82) is 0 Å². The molecule has 1 aliphatic heterocycles. The minimum atomic E-state index is -1.02. The second-order valence-corrected chi connectivity index (χ2v) is 3.81. The Hall–Kier alpha value is -0.200. The standard InChI is InChI=1S/C10H20O5/c1-2-3-4-14-6-8-10(13)9(12)7(5-11)15-8/h7-13H,2-6H2,1H3/t7-,8+,9-,10-/m1/s1. The average Bonchev–Trinajstić information content (AvgIpc) is 2.52. The Morgan fingerprint density at radius 1 is 1.20 bits per heavy atom. The Balaban J connectivity index is 2.25. The van der Waals surface area contributed by atoms with Crippen LogP contribution in [0.1, 0.15) is 19.8 Å². The fourth-order valence-corrected chi connectivity index (χ4v) is 1.56. The zero-order valence-corrected chi connectivity index (χ0v) is 9.00. The van der Waals surface area contributed by atoms with Gasteiger partial charge in [-0.05, 0) is 6.42 Å². The fraction of sp³-hybridized carbons (Fsp3) is 1.00. The summed E-state index contributed by atoms with van der Waals surface area (Å²) in [7, 11) is 0. The van der Waals surface area contributed by atoms with Crippen molar-refractivity contribution >= 4 is 0 Å². The summed E-state index contributed by atoms with van der Waals surface area (Å²) in [5.41, 5.74) is 0. The molecular weight excluding hydrogens is 200 g/mol. The van der Waals surface area contributed by atoms with Crippen LogP contribution in [0.5, 0.6) is 0 Å². The number of unbranched alkanes of at least 4 members (excludes halogenated alkanes) is 1. The molecule has 0 spiro atoms. The van der Waals surface area contributed by atoms with E-state index >= 15 is 0 Å². The van der Waals surface area contributed by atoms with Crippen LogP contribution in [0.4, 0.5) is 0 Å². The molecule has 5 nitrogen and oxygen atoms in total. The zero-order chi connectivity index (χ0) is 11.3. The van der Waals surface area contributed by atoms with Crippen LogP contribution in [-0.2, 0) is 9.47 Å².